The molecule has 4 nitrogen and oxygen atoms in total. The van der Waals surface area contributed by atoms with E-state index in [0.717, 1.165) is 27.9 Å². The van der Waals surface area contributed by atoms with Gasteiger partial charge in [-0.25, -0.2) is 9.97 Å². The van der Waals surface area contributed by atoms with Crippen LogP contribution in [0.3, 0.4) is 0 Å². The maximum atomic E-state index is 5.92. The normalized spacial score (nSPS) is 10.5. The van der Waals surface area contributed by atoms with Crippen molar-refractivity contribution in [1.82, 2.24) is 9.97 Å². The zero-order valence-corrected chi connectivity index (χ0v) is 12.6. The van der Waals surface area contributed by atoms with Gasteiger partial charge >= 0.3 is 0 Å². The minimum absolute atomic E-state index is 0.452. The quantitative estimate of drug-likeness (QED) is 0.936. The van der Waals surface area contributed by atoms with Crippen molar-refractivity contribution in [3.63, 3.8) is 0 Å². The van der Waals surface area contributed by atoms with E-state index in [1.54, 1.807) is 0 Å². The monoisotopic (exact) mass is 321 g/mol. The number of hydrogen-bond acceptors (Lipinski definition) is 4. The molecule has 0 saturated carbocycles. The Balaban J connectivity index is 2.56. The molecule has 0 unspecified atom stereocenters. The van der Waals surface area contributed by atoms with Crippen LogP contribution in [-0.4, -0.2) is 16.6 Å². The summed E-state index contributed by atoms with van der Waals surface area (Å²) >= 11 is 3.42. The van der Waals surface area contributed by atoms with E-state index in [1.807, 2.05) is 38.1 Å². The number of nitrogens with two attached hydrogens (primary N) is 1. The number of rotatable bonds is 4. The van der Waals surface area contributed by atoms with Crippen LogP contribution in [-0.2, 0) is 6.42 Å². The van der Waals surface area contributed by atoms with Gasteiger partial charge in [-0.15, -0.1) is 0 Å². The van der Waals surface area contributed by atoms with Gasteiger partial charge in [0.15, 0.2) is 5.82 Å². The first-order valence-corrected chi connectivity index (χ1v) is 7.00. The average Bonchev–Trinajstić information content (AvgIpc) is 2.43. The number of aromatic nitrogens is 2. The van der Waals surface area contributed by atoms with Gasteiger partial charge in [0.05, 0.1) is 22.3 Å². The van der Waals surface area contributed by atoms with E-state index in [1.165, 1.54) is 0 Å². The molecule has 0 saturated heterocycles. The summed E-state index contributed by atoms with van der Waals surface area (Å²) in [5, 5.41) is 0. The summed E-state index contributed by atoms with van der Waals surface area (Å²) in [5.74, 6) is 1.82. The predicted molar refractivity (Wildman–Crippen MR) is 80.1 cm³/mol. The Hall–Kier alpha value is -1.62. The van der Waals surface area contributed by atoms with Crippen LogP contribution in [0.2, 0.25) is 0 Å². The standard InChI is InChI=1S/C14H16BrN3O/c1-3-10-12(15)13(16)18-14(17-10)9-7-5-6-8-11(9)19-4-2/h5-8H,3-4H2,1-2H3,(H2,16,17,18). The van der Waals surface area contributed by atoms with Gasteiger partial charge in [0.25, 0.3) is 0 Å². The molecule has 5 heteroatoms. The molecule has 2 N–H and O–H groups in total. The van der Waals surface area contributed by atoms with Crippen LogP contribution in [0.5, 0.6) is 5.75 Å². The number of ether oxygens (including phenoxy) is 1. The van der Waals surface area contributed by atoms with E-state index in [9.17, 15) is 0 Å². The highest BCUT2D eigenvalue weighted by Gasteiger charge is 2.13. The number of anilines is 1. The summed E-state index contributed by atoms with van der Waals surface area (Å²) in [7, 11) is 0. The number of hydrogen-bond donors (Lipinski definition) is 1. The van der Waals surface area contributed by atoms with Crippen LogP contribution in [0.25, 0.3) is 11.4 Å². The number of halogens is 1. The van der Waals surface area contributed by atoms with E-state index < -0.39 is 0 Å². The topological polar surface area (TPSA) is 61.0 Å². The smallest absolute Gasteiger partial charge is 0.165 e. The lowest BCUT2D eigenvalue weighted by atomic mass is 10.1. The van der Waals surface area contributed by atoms with Crippen LogP contribution in [0, 0.1) is 0 Å². The summed E-state index contributed by atoms with van der Waals surface area (Å²) < 4.78 is 6.37. The molecular formula is C14H16BrN3O. The number of aryl methyl sites for hydroxylation is 1. The molecule has 1 aromatic carbocycles. The lowest BCUT2D eigenvalue weighted by Gasteiger charge is -2.11. The molecule has 0 aliphatic heterocycles. The lowest BCUT2D eigenvalue weighted by molar-refractivity contribution is 0.341. The maximum absolute atomic E-state index is 5.92. The van der Waals surface area contributed by atoms with Gasteiger partial charge in [-0.2, -0.15) is 0 Å². The first kappa shape index (κ1) is 13.8. The van der Waals surface area contributed by atoms with Crippen molar-refractivity contribution >= 4 is 21.7 Å². The van der Waals surface area contributed by atoms with Crippen LogP contribution < -0.4 is 10.5 Å². The molecule has 0 aliphatic rings. The molecule has 2 aromatic rings. The first-order chi connectivity index (χ1) is 9.17. The third-order valence-electron chi connectivity index (χ3n) is 2.71. The van der Waals surface area contributed by atoms with Crippen molar-refractivity contribution < 1.29 is 4.74 Å². The molecule has 1 aromatic heterocycles. The van der Waals surface area contributed by atoms with Gasteiger partial charge in [-0.1, -0.05) is 19.1 Å². The molecule has 0 radical (unpaired) electrons. The minimum Gasteiger partial charge on any atom is -0.493 e. The number of nitrogens with zero attached hydrogens (tertiary/aromatic N) is 2. The van der Waals surface area contributed by atoms with Crippen molar-refractivity contribution in [3.05, 3.63) is 34.4 Å². The third kappa shape index (κ3) is 2.87. The Kier molecular flexibility index (Phi) is 4.37. The number of nitrogen functional groups attached to an aromatic ring is 1. The van der Waals surface area contributed by atoms with Gasteiger partial charge in [0.1, 0.15) is 11.6 Å². The second kappa shape index (κ2) is 6.02. The fraction of sp³-hybridized carbons (Fsp3) is 0.286. The summed E-state index contributed by atoms with van der Waals surface area (Å²) in [6.07, 6.45) is 0.789. The second-order valence-electron chi connectivity index (χ2n) is 3.98. The molecule has 100 valence electrons. The van der Waals surface area contributed by atoms with Gasteiger partial charge in [0.2, 0.25) is 0 Å². The summed E-state index contributed by atoms with van der Waals surface area (Å²) in [4.78, 5) is 8.88. The summed E-state index contributed by atoms with van der Waals surface area (Å²) in [6.45, 7) is 4.58. The second-order valence-corrected chi connectivity index (χ2v) is 4.77. The van der Waals surface area contributed by atoms with Gasteiger partial charge in [-0.3, -0.25) is 0 Å². The lowest BCUT2D eigenvalue weighted by Crippen LogP contribution is -2.03. The van der Waals surface area contributed by atoms with E-state index in [-0.39, 0.29) is 0 Å². The molecule has 1 heterocycles. The van der Waals surface area contributed by atoms with Crippen molar-refractivity contribution in [2.75, 3.05) is 12.3 Å². The van der Waals surface area contributed by atoms with Crippen molar-refractivity contribution in [1.29, 1.82) is 0 Å². The van der Waals surface area contributed by atoms with E-state index in [2.05, 4.69) is 25.9 Å². The highest BCUT2D eigenvalue weighted by Crippen LogP contribution is 2.30. The predicted octanol–water partition coefficient (Wildman–Crippen LogP) is 3.45. The molecular weight excluding hydrogens is 306 g/mol. The maximum Gasteiger partial charge on any atom is 0.165 e. The Morgan fingerprint density at radius 3 is 2.63 bits per heavy atom. The SMILES string of the molecule is CCOc1ccccc1-c1nc(N)c(Br)c(CC)n1. The number of para-hydroxylation sites is 1. The number of benzene rings is 1. The van der Waals surface area contributed by atoms with Crippen LogP contribution in [0.4, 0.5) is 5.82 Å². The molecule has 0 fully saturated rings. The molecule has 19 heavy (non-hydrogen) atoms. The first-order valence-electron chi connectivity index (χ1n) is 6.21. The average molecular weight is 322 g/mol. The van der Waals surface area contributed by atoms with Gasteiger partial charge in [-0.05, 0) is 41.4 Å². The van der Waals surface area contributed by atoms with Gasteiger partial charge in [0, 0.05) is 0 Å². The highest BCUT2D eigenvalue weighted by molar-refractivity contribution is 9.10. The molecule has 2 rings (SSSR count). The van der Waals surface area contributed by atoms with E-state index >= 15 is 0 Å². The van der Waals surface area contributed by atoms with Crippen LogP contribution in [0.1, 0.15) is 19.5 Å². The molecule has 0 aliphatic carbocycles. The zero-order chi connectivity index (χ0) is 13.8. The minimum atomic E-state index is 0.452. The van der Waals surface area contributed by atoms with Gasteiger partial charge < -0.3 is 10.5 Å². The Bertz CT molecular complexity index is 587. The largest absolute Gasteiger partial charge is 0.493 e. The molecule has 0 spiro atoms. The Morgan fingerprint density at radius 2 is 1.95 bits per heavy atom. The molecule has 0 atom stereocenters. The van der Waals surface area contributed by atoms with Crippen LogP contribution in [0.15, 0.2) is 28.7 Å². The van der Waals surface area contributed by atoms with Crippen LogP contribution >= 0.6 is 15.9 Å². The van der Waals surface area contributed by atoms with E-state index in [0.29, 0.717) is 18.2 Å². The van der Waals surface area contributed by atoms with Crippen molar-refractivity contribution in [2.45, 2.75) is 20.3 Å². The fourth-order valence-corrected chi connectivity index (χ4v) is 2.26. The molecule has 0 bridgehead atoms. The Labute approximate surface area is 121 Å². The summed E-state index contributed by atoms with van der Waals surface area (Å²) in [5.41, 5.74) is 7.68. The van der Waals surface area contributed by atoms with Crippen molar-refractivity contribution in [2.24, 2.45) is 0 Å². The third-order valence-corrected chi connectivity index (χ3v) is 3.57. The Morgan fingerprint density at radius 1 is 1.21 bits per heavy atom. The van der Waals surface area contributed by atoms with Crippen molar-refractivity contribution in [3.8, 4) is 17.1 Å². The van der Waals surface area contributed by atoms with E-state index in [4.69, 9.17) is 10.5 Å². The highest BCUT2D eigenvalue weighted by atomic mass is 79.9. The summed E-state index contributed by atoms with van der Waals surface area (Å²) in [6, 6.07) is 7.71. The fourth-order valence-electron chi connectivity index (χ4n) is 1.80. The molecule has 0 amide bonds. The zero-order valence-electron chi connectivity index (χ0n) is 11.0.